The van der Waals surface area contributed by atoms with E-state index in [9.17, 15) is 9.90 Å². The number of pyridine rings is 1. The van der Waals surface area contributed by atoms with Crippen LogP contribution in [0.25, 0.3) is 16.6 Å². The number of anilines is 1. The van der Waals surface area contributed by atoms with Gasteiger partial charge in [0, 0.05) is 78.5 Å². The molecule has 0 spiro atoms. The molecule has 1 N–H and O–H groups in total. The number of para-hydroxylation sites is 1. The molecule has 1 aliphatic rings. The Bertz CT molecular complexity index is 1400. The topological polar surface area (TPSA) is 74.0 Å². The molecule has 198 valence electrons. The number of benzene rings is 1. The van der Waals surface area contributed by atoms with E-state index in [4.69, 9.17) is 5.10 Å². The maximum atomic E-state index is 11.2. The van der Waals surface area contributed by atoms with Crippen LogP contribution in [-0.2, 0) is 24.2 Å². The number of hydrogen-bond donors (Lipinski definition) is 1. The van der Waals surface area contributed by atoms with Crippen LogP contribution in [0.4, 0.5) is 5.69 Å². The summed E-state index contributed by atoms with van der Waals surface area (Å²) in [5.74, 6) is -0.745. The average Bonchev–Trinajstić information content (AvgIpc) is 3.34. The Hall–Kier alpha value is -3.23. The Balaban J connectivity index is 1.50. The minimum atomic E-state index is -0.745. The van der Waals surface area contributed by atoms with Gasteiger partial charge in [-0.15, -0.1) is 0 Å². The van der Waals surface area contributed by atoms with E-state index < -0.39 is 5.97 Å². The fraction of sp³-hybridized carbons (Fsp3) is 0.367. The van der Waals surface area contributed by atoms with Gasteiger partial charge in [0.1, 0.15) is 0 Å². The van der Waals surface area contributed by atoms with Gasteiger partial charge in [0.25, 0.3) is 0 Å². The molecule has 0 saturated carbocycles. The summed E-state index contributed by atoms with van der Waals surface area (Å²) >= 11 is 3.61. The number of rotatable bonds is 10. The zero-order valence-electron chi connectivity index (χ0n) is 21.8. The van der Waals surface area contributed by atoms with Gasteiger partial charge < -0.3 is 10.0 Å². The fourth-order valence-electron chi connectivity index (χ4n) is 5.39. The highest BCUT2D eigenvalue weighted by Crippen LogP contribution is 2.34. The van der Waals surface area contributed by atoms with E-state index in [0.717, 1.165) is 78.8 Å². The number of fused-ring (bicyclic) bond motifs is 1. The maximum absolute atomic E-state index is 11.2. The van der Waals surface area contributed by atoms with Crippen molar-refractivity contribution in [2.75, 3.05) is 31.1 Å². The molecule has 0 amide bonds. The van der Waals surface area contributed by atoms with E-state index in [1.807, 2.05) is 6.20 Å². The molecule has 7 nitrogen and oxygen atoms in total. The third-order valence-corrected chi connectivity index (χ3v) is 7.78. The number of nitrogens with zero attached hydrogens (tertiary/aromatic N) is 5. The fourth-order valence-corrected chi connectivity index (χ4v) is 5.75. The zero-order valence-corrected chi connectivity index (χ0v) is 23.4. The number of carboxylic acid groups (broad SMARTS) is 1. The van der Waals surface area contributed by atoms with Gasteiger partial charge in [-0.05, 0) is 77.5 Å². The van der Waals surface area contributed by atoms with Crippen LogP contribution in [-0.4, -0.2) is 56.8 Å². The van der Waals surface area contributed by atoms with Crippen LogP contribution in [0.5, 0.6) is 0 Å². The quantitative estimate of drug-likeness (QED) is 0.239. The SMILES string of the molecule is CCc1ccc2c(-c3cncc(Br)c3)c(CCCCC(=O)O)c(CN3CCN(c4ccccc4)CC3)nn12. The van der Waals surface area contributed by atoms with Gasteiger partial charge in [0.05, 0.1) is 11.2 Å². The highest BCUT2D eigenvalue weighted by molar-refractivity contribution is 9.10. The van der Waals surface area contributed by atoms with Crippen LogP contribution in [0.15, 0.2) is 65.4 Å². The molecule has 5 rings (SSSR count). The summed E-state index contributed by atoms with van der Waals surface area (Å²) in [7, 11) is 0. The van der Waals surface area contributed by atoms with Crippen molar-refractivity contribution >= 4 is 33.1 Å². The van der Waals surface area contributed by atoms with Crippen LogP contribution >= 0.6 is 15.9 Å². The monoisotopic (exact) mass is 575 g/mol. The molecular formula is C30H34BrN5O2. The number of carboxylic acids is 1. The number of halogens is 1. The molecule has 0 atom stereocenters. The maximum Gasteiger partial charge on any atom is 0.303 e. The smallest absolute Gasteiger partial charge is 0.303 e. The van der Waals surface area contributed by atoms with E-state index in [2.05, 4.69) is 90.7 Å². The third kappa shape index (κ3) is 5.92. The van der Waals surface area contributed by atoms with E-state index in [0.29, 0.717) is 6.42 Å². The summed E-state index contributed by atoms with van der Waals surface area (Å²) < 4.78 is 3.04. The highest BCUT2D eigenvalue weighted by Gasteiger charge is 2.23. The van der Waals surface area contributed by atoms with Gasteiger partial charge in [-0.1, -0.05) is 25.1 Å². The lowest BCUT2D eigenvalue weighted by molar-refractivity contribution is -0.137. The lowest BCUT2D eigenvalue weighted by atomic mass is 9.95. The molecule has 0 bridgehead atoms. The Morgan fingerprint density at radius 3 is 2.53 bits per heavy atom. The highest BCUT2D eigenvalue weighted by atomic mass is 79.9. The minimum Gasteiger partial charge on any atom is -0.481 e. The molecule has 1 aliphatic heterocycles. The molecular weight excluding hydrogens is 542 g/mol. The van der Waals surface area contributed by atoms with Gasteiger partial charge in [-0.25, -0.2) is 4.52 Å². The number of aromatic nitrogens is 3. The summed E-state index contributed by atoms with van der Waals surface area (Å²) in [5.41, 5.74) is 8.01. The standard InChI is InChI=1S/C30H34BrN5O2/c1-2-24-12-13-28-30(22-18-23(31)20-32-19-22)26(10-6-7-11-29(37)38)27(33-36(24)28)21-34-14-16-35(17-15-34)25-8-4-3-5-9-25/h3-5,8-9,12-13,18-20H,2,6-7,10-11,14-17,21H2,1H3,(H,37,38). The number of carbonyl (C=O) groups is 1. The van der Waals surface area contributed by atoms with Crippen molar-refractivity contribution in [1.29, 1.82) is 0 Å². The van der Waals surface area contributed by atoms with Gasteiger partial charge in [0.2, 0.25) is 0 Å². The largest absolute Gasteiger partial charge is 0.481 e. The first kappa shape index (κ1) is 26.4. The van der Waals surface area contributed by atoms with Crippen LogP contribution < -0.4 is 4.90 Å². The third-order valence-electron chi connectivity index (χ3n) is 7.35. The number of piperazine rings is 1. The minimum absolute atomic E-state index is 0.186. The summed E-state index contributed by atoms with van der Waals surface area (Å²) in [6, 6.07) is 17.0. The lowest BCUT2D eigenvalue weighted by Gasteiger charge is -2.36. The van der Waals surface area contributed by atoms with Crippen molar-refractivity contribution in [2.45, 2.75) is 45.6 Å². The lowest BCUT2D eigenvalue weighted by Crippen LogP contribution is -2.46. The van der Waals surface area contributed by atoms with Crippen LogP contribution in [0.3, 0.4) is 0 Å². The molecule has 0 unspecified atom stereocenters. The molecule has 0 radical (unpaired) electrons. The molecule has 1 fully saturated rings. The summed E-state index contributed by atoms with van der Waals surface area (Å²) in [5, 5.41) is 14.4. The molecule has 8 heteroatoms. The van der Waals surface area contributed by atoms with Crippen molar-refractivity contribution < 1.29 is 9.90 Å². The number of aliphatic carboxylic acids is 1. The Labute approximate surface area is 232 Å². The van der Waals surface area contributed by atoms with Crippen molar-refractivity contribution in [3.63, 3.8) is 0 Å². The average molecular weight is 577 g/mol. The predicted molar refractivity (Wildman–Crippen MR) is 155 cm³/mol. The normalized spacial score (nSPS) is 14.3. The Morgan fingerprint density at radius 1 is 1.03 bits per heavy atom. The summed E-state index contributed by atoms with van der Waals surface area (Å²) in [6.07, 6.45) is 7.03. The van der Waals surface area contributed by atoms with Gasteiger partial charge in [-0.2, -0.15) is 5.10 Å². The second-order valence-electron chi connectivity index (χ2n) is 9.87. The molecule has 1 saturated heterocycles. The Morgan fingerprint density at radius 2 is 1.82 bits per heavy atom. The Kier molecular flexibility index (Phi) is 8.39. The van der Waals surface area contributed by atoms with Crippen molar-refractivity contribution in [1.82, 2.24) is 19.5 Å². The van der Waals surface area contributed by atoms with Gasteiger partial charge in [-0.3, -0.25) is 14.7 Å². The number of unbranched alkanes of at least 4 members (excludes halogenated alkanes) is 1. The van der Waals surface area contributed by atoms with E-state index >= 15 is 0 Å². The zero-order chi connectivity index (χ0) is 26.5. The molecule has 3 aromatic heterocycles. The second-order valence-corrected chi connectivity index (χ2v) is 10.8. The summed E-state index contributed by atoms with van der Waals surface area (Å²) in [4.78, 5) is 20.6. The second kappa shape index (κ2) is 12.1. The van der Waals surface area contributed by atoms with Gasteiger partial charge >= 0.3 is 5.97 Å². The molecule has 1 aromatic carbocycles. The molecule has 0 aliphatic carbocycles. The summed E-state index contributed by atoms with van der Waals surface area (Å²) in [6.45, 7) is 6.81. The molecule has 38 heavy (non-hydrogen) atoms. The molecule has 4 heterocycles. The van der Waals surface area contributed by atoms with Crippen LogP contribution in [0.2, 0.25) is 0 Å². The first-order valence-corrected chi connectivity index (χ1v) is 14.2. The van der Waals surface area contributed by atoms with Crippen molar-refractivity contribution in [3.8, 4) is 11.1 Å². The van der Waals surface area contributed by atoms with E-state index in [-0.39, 0.29) is 6.42 Å². The first-order valence-electron chi connectivity index (χ1n) is 13.4. The molecule has 4 aromatic rings. The van der Waals surface area contributed by atoms with Crippen molar-refractivity contribution in [3.05, 3.63) is 82.3 Å². The van der Waals surface area contributed by atoms with Crippen LogP contribution in [0, 0.1) is 0 Å². The predicted octanol–water partition coefficient (Wildman–Crippen LogP) is 5.84. The number of hydrogen-bond acceptors (Lipinski definition) is 5. The van der Waals surface area contributed by atoms with E-state index in [1.54, 1.807) is 6.20 Å². The van der Waals surface area contributed by atoms with Crippen molar-refractivity contribution in [2.24, 2.45) is 0 Å². The van der Waals surface area contributed by atoms with Crippen LogP contribution in [0.1, 0.15) is 43.1 Å². The first-order chi connectivity index (χ1) is 18.5. The number of aryl methyl sites for hydroxylation is 1. The van der Waals surface area contributed by atoms with E-state index in [1.165, 1.54) is 16.9 Å². The van der Waals surface area contributed by atoms with Gasteiger partial charge in [0.15, 0.2) is 0 Å².